The number of hydrogen-bond acceptors (Lipinski definition) is 1. The van der Waals surface area contributed by atoms with Gasteiger partial charge in [-0.25, -0.2) is 0 Å². The topological polar surface area (TPSA) is 0 Å². The van der Waals surface area contributed by atoms with E-state index in [1.165, 1.54) is 11.4 Å². The van der Waals surface area contributed by atoms with Gasteiger partial charge in [-0.15, -0.1) is 0 Å². The van der Waals surface area contributed by atoms with Crippen molar-refractivity contribution >= 4 is 49.6 Å². The maximum atomic E-state index is 5.44. The van der Waals surface area contributed by atoms with Crippen molar-refractivity contribution in [2.45, 2.75) is 6.92 Å². The normalized spacial score (nSPS) is 12.0. The molecular formula is C2H5Cl3PS+. The second-order valence-electron chi connectivity index (χ2n) is 0.816. The van der Waals surface area contributed by atoms with E-state index in [9.17, 15) is 0 Å². The second kappa shape index (κ2) is 3.63. The molecule has 0 spiro atoms. The van der Waals surface area contributed by atoms with Crippen LogP contribution in [0.4, 0.5) is 0 Å². The average Bonchev–Trinajstić information content (AvgIpc) is 1.30. The van der Waals surface area contributed by atoms with Crippen LogP contribution in [0.2, 0.25) is 0 Å². The summed E-state index contributed by atoms with van der Waals surface area (Å²) in [6.07, 6.45) is 0. The Morgan fingerprint density at radius 1 is 1.43 bits per heavy atom. The van der Waals surface area contributed by atoms with Gasteiger partial charge in [0.15, 0.2) is 0 Å². The van der Waals surface area contributed by atoms with Crippen LogP contribution in [0, 0.1) is 0 Å². The lowest BCUT2D eigenvalue weighted by Gasteiger charge is -1.90. The highest BCUT2D eigenvalue weighted by molar-refractivity contribution is 8.85. The molecule has 0 bridgehead atoms. The van der Waals surface area contributed by atoms with Gasteiger partial charge < -0.3 is 0 Å². The summed E-state index contributed by atoms with van der Waals surface area (Å²) in [6, 6.07) is 0. The molecule has 0 saturated carbocycles. The molecule has 0 atom stereocenters. The first-order valence-corrected chi connectivity index (χ1v) is 7.78. The van der Waals surface area contributed by atoms with E-state index in [1.54, 1.807) is 0 Å². The van der Waals surface area contributed by atoms with Crippen molar-refractivity contribution in [2.24, 2.45) is 0 Å². The lowest BCUT2D eigenvalue weighted by Crippen LogP contribution is -1.56. The summed E-state index contributed by atoms with van der Waals surface area (Å²) in [6.45, 7) is 1.96. The predicted molar refractivity (Wildman–Crippen MR) is 42.6 cm³/mol. The molecule has 0 aromatic rings. The Morgan fingerprint density at radius 2 is 1.86 bits per heavy atom. The summed E-state index contributed by atoms with van der Waals surface area (Å²) in [7, 11) is 0. The Kier molecular flexibility index (Phi) is 4.49. The van der Waals surface area contributed by atoms with Crippen LogP contribution < -0.4 is 0 Å². The fourth-order valence-electron chi connectivity index (χ4n) is 0.146. The first-order valence-electron chi connectivity index (χ1n) is 1.69. The third-order valence-corrected chi connectivity index (χ3v) is 5.11. The molecule has 7 heavy (non-hydrogen) atoms. The quantitative estimate of drug-likeness (QED) is 0.601. The summed E-state index contributed by atoms with van der Waals surface area (Å²) < 4.78 is -2.08. The molecule has 0 unspecified atom stereocenters. The monoisotopic (exact) mass is 197 g/mol. The molecule has 0 aromatic carbocycles. The minimum atomic E-state index is -2.08. The Labute approximate surface area is 62.3 Å². The maximum Gasteiger partial charge on any atom is 0.365 e. The minimum absolute atomic E-state index is 0.879. The fourth-order valence-corrected chi connectivity index (χ4v) is 3.95. The Morgan fingerprint density at radius 3 is 1.86 bits per heavy atom. The largest absolute Gasteiger partial charge is 0.365 e. The van der Waals surface area contributed by atoms with Crippen LogP contribution in [-0.2, 0) is 0 Å². The molecule has 0 aromatic heterocycles. The van der Waals surface area contributed by atoms with Crippen molar-refractivity contribution in [3.8, 4) is 0 Å². The number of halogens is 3. The summed E-state index contributed by atoms with van der Waals surface area (Å²) >= 11 is 17.7. The van der Waals surface area contributed by atoms with E-state index in [0.717, 1.165) is 5.75 Å². The number of hydrogen-bond donors (Lipinski definition) is 0. The highest BCUT2D eigenvalue weighted by Gasteiger charge is 2.33. The number of rotatable bonds is 2. The van der Waals surface area contributed by atoms with Crippen LogP contribution in [0.15, 0.2) is 0 Å². The van der Waals surface area contributed by atoms with Crippen LogP contribution in [-0.4, -0.2) is 5.75 Å². The molecule has 44 valence electrons. The van der Waals surface area contributed by atoms with Crippen molar-refractivity contribution in [1.29, 1.82) is 0 Å². The zero-order valence-corrected chi connectivity index (χ0v) is 7.68. The fraction of sp³-hybridized carbons (Fsp3) is 1.00. The minimum Gasteiger partial charge on any atom is -0.0526 e. The first-order chi connectivity index (χ1) is 3.06. The molecule has 0 nitrogen and oxygen atoms in total. The van der Waals surface area contributed by atoms with E-state index in [-0.39, 0.29) is 0 Å². The van der Waals surface area contributed by atoms with E-state index in [4.69, 9.17) is 33.7 Å². The van der Waals surface area contributed by atoms with Crippen LogP contribution in [0.25, 0.3) is 0 Å². The van der Waals surface area contributed by atoms with Crippen LogP contribution in [0.3, 0.4) is 0 Å². The van der Waals surface area contributed by atoms with E-state index < -0.39 is 4.52 Å². The molecule has 0 fully saturated rings. The van der Waals surface area contributed by atoms with Crippen molar-refractivity contribution in [3.05, 3.63) is 0 Å². The lowest BCUT2D eigenvalue weighted by molar-refractivity contribution is 1.54. The lowest BCUT2D eigenvalue weighted by atomic mass is 11.0. The van der Waals surface area contributed by atoms with Crippen LogP contribution >= 0.6 is 49.6 Å². The smallest absolute Gasteiger partial charge is 0.0526 e. The summed E-state index contributed by atoms with van der Waals surface area (Å²) in [4.78, 5) is 0. The van der Waals surface area contributed by atoms with Gasteiger partial charge in [-0.1, -0.05) is 6.92 Å². The summed E-state index contributed by atoms with van der Waals surface area (Å²) in [5.41, 5.74) is 0. The van der Waals surface area contributed by atoms with Crippen molar-refractivity contribution in [1.82, 2.24) is 0 Å². The second-order valence-corrected chi connectivity index (χ2v) is 12.8. The van der Waals surface area contributed by atoms with Gasteiger partial charge in [-0.05, 0) is 0 Å². The highest BCUT2D eigenvalue weighted by Crippen LogP contribution is 2.83. The van der Waals surface area contributed by atoms with Gasteiger partial charge in [0, 0.05) is 5.75 Å². The van der Waals surface area contributed by atoms with Gasteiger partial charge in [0.25, 0.3) is 0 Å². The van der Waals surface area contributed by atoms with Gasteiger partial charge in [0.05, 0.1) is 11.4 Å². The Bertz CT molecular complexity index is 51.4. The molecule has 0 amide bonds. The zero-order valence-electron chi connectivity index (χ0n) is 3.70. The molecule has 0 aliphatic rings. The third-order valence-electron chi connectivity index (χ3n) is 0.275. The van der Waals surface area contributed by atoms with Crippen LogP contribution in [0.5, 0.6) is 0 Å². The van der Waals surface area contributed by atoms with Gasteiger partial charge in [-0.2, -0.15) is 0 Å². The van der Waals surface area contributed by atoms with E-state index in [1.807, 2.05) is 6.92 Å². The van der Waals surface area contributed by atoms with Gasteiger partial charge >= 0.3 is 4.52 Å². The SMILES string of the molecule is CCS[P+](Cl)(Cl)Cl. The van der Waals surface area contributed by atoms with Gasteiger partial charge in [0.2, 0.25) is 0 Å². The molecule has 0 aliphatic heterocycles. The Hall–Kier alpha value is 1.65. The standard InChI is InChI=1S/C2H5Cl3PS/c1-2-7-6(3,4)5/h2H2,1H3/q+1. The molecule has 0 aliphatic carbocycles. The first kappa shape index (κ1) is 8.65. The van der Waals surface area contributed by atoms with E-state index in [0.29, 0.717) is 0 Å². The van der Waals surface area contributed by atoms with Crippen molar-refractivity contribution in [2.75, 3.05) is 5.75 Å². The average molecular weight is 198 g/mol. The summed E-state index contributed by atoms with van der Waals surface area (Å²) in [5, 5.41) is 0. The third kappa shape index (κ3) is 7.65. The molecule has 5 heteroatoms. The van der Waals surface area contributed by atoms with Gasteiger partial charge in [0.1, 0.15) is 33.7 Å². The molecule has 0 radical (unpaired) electrons. The predicted octanol–water partition coefficient (Wildman–Crippen LogP) is 4.13. The maximum absolute atomic E-state index is 5.44. The molecular weight excluding hydrogens is 193 g/mol. The molecule has 0 heterocycles. The zero-order chi connectivity index (χ0) is 5.91. The van der Waals surface area contributed by atoms with Crippen LogP contribution in [0.1, 0.15) is 6.92 Å². The molecule has 0 rings (SSSR count). The van der Waals surface area contributed by atoms with E-state index >= 15 is 0 Å². The Balaban J connectivity index is 3.15. The highest BCUT2D eigenvalue weighted by atomic mass is 36.1. The van der Waals surface area contributed by atoms with E-state index in [2.05, 4.69) is 0 Å². The summed E-state index contributed by atoms with van der Waals surface area (Å²) in [5.74, 6) is 0.879. The molecule has 0 saturated heterocycles. The molecule has 0 N–H and O–H groups in total. The van der Waals surface area contributed by atoms with Crippen molar-refractivity contribution < 1.29 is 0 Å². The van der Waals surface area contributed by atoms with Crippen molar-refractivity contribution in [3.63, 3.8) is 0 Å². The van der Waals surface area contributed by atoms with Gasteiger partial charge in [-0.3, -0.25) is 0 Å².